The number of rotatable bonds is 4. The van der Waals surface area contributed by atoms with Crippen molar-refractivity contribution in [3.05, 3.63) is 28.3 Å². The summed E-state index contributed by atoms with van der Waals surface area (Å²) in [5.41, 5.74) is 3.08. The summed E-state index contributed by atoms with van der Waals surface area (Å²) < 4.78 is 23.8. The van der Waals surface area contributed by atoms with Gasteiger partial charge in [-0.15, -0.1) is 0 Å². The highest BCUT2D eigenvalue weighted by Gasteiger charge is 2.32. The Morgan fingerprint density at radius 1 is 1.48 bits per heavy atom. The third-order valence-corrected chi connectivity index (χ3v) is 5.83. The van der Waals surface area contributed by atoms with E-state index in [1.165, 1.54) is 18.4 Å². The second-order valence-electron chi connectivity index (χ2n) is 4.69. The minimum atomic E-state index is -3.29. The van der Waals surface area contributed by atoms with Gasteiger partial charge in [0.1, 0.15) is 5.37 Å². The number of thioether (sulfide) groups is 1. The van der Waals surface area contributed by atoms with E-state index >= 15 is 0 Å². The lowest BCUT2D eigenvalue weighted by Crippen LogP contribution is -2.47. The average Bonchev–Trinajstić information content (AvgIpc) is 2.45. The smallest absolute Gasteiger partial charge is 0.273 e. The third kappa shape index (κ3) is 3.57. The van der Waals surface area contributed by atoms with Gasteiger partial charge in [0, 0.05) is 42.1 Å². The van der Waals surface area contributed by atoms with E-state index in [0.29, 0.717) is 23.7 Å². The monoisotopic (exact) mass is 332 g/mol. The van der Waals surface area contributed by atoms with Crippen LogP contribution in [0.15, 0.2) is 18.2 Å². The van der Waals surface area contributed by atoms with Crippen LogP contribution >= 0.6 is 11.8 Å². The van der Waals surface area contributed by atoms with Crippen LogP contribution < -0.4 is 16.2 Å². The molecular formula is C11H16N4O4S2. The molecule has 1 aromatic carbocycles. The molecule has 1 heterocycles. The lowest BCUT2D eigenvalue weighted by molar-refractivity contribution is -0.384. The highest BCUT2D eigenvalue weighted by molar-refractivity contribution is 8.01. The third-order valence-electron chi connectivity index (χ3n) is 3.19. The predicted molar refractivity (Wildman–Crippen MR) is 84.2 cm³/mol. The molecule has 21 heavy (non-hydrogen) atoms. The number of anilines is 2. The van der Waals surface area contributed by atoms with Gasteiger partial charge in [-0.1, -0.05) is 0 Å². The van der Waals surface area contributed by atoms with Crippen LogP contribution in [0.1, 0.15) is 0 Å². The highest BCUT2D eigenvalue weighted by atomic mass is 32.2. The van der Waals surface area contributed by atoms with E-state index in [-0.39, 0.29) is 5.69 Å². The molecule has 8 nitrogen and oxygen atoms in total. The molecule has 0 spiro atoms. The van der Waals surface area contributed by atoms with Gasteiger partial charge in [-0.05, 0) is 6.07 Å². The first-order chi connectivity index (χ1) is 9.82. The molecule has 2 rings (SSSR count). The van der Waals surface area contributed by atoms with E-state index in [0.717, 1.165) is 5.75 Å². The van der Waals surface area contributed by atoms with E-state index in [2.05, 4.69) is 5.43 Å². The highest BCUT2D eigenvalue weighted by Crippen LogP contribution is 2.31. The number of nitro benzene ring substituents is 1. The first kappa shape index (κ1) is 15.9. The molecule has 0 radical (unpaired) electrons. The van der Waals surface area contributed by atoms with Crippen molar-refractivity contribution >= 4 is 38.7 Å². The molecule has 0 aromatic heterocycles. The normalized spacial score (nSPS) is 19.3. The quantitative estimate of drug-likeness (QED) is 0.472. The molecule has 1 atom stereocenters. The molecule has 1 saturated heterocycles. The lowest BCUT2D eigenvalue weighted by Gasteiger charge is -2.35. The number of hydrogen-bond donors (Lipinski definition) is 2. The molecule has 1 aliphatic rings. The maximum atomic E-state index is 11.9. The van der Waals surface area contributed by atoms with Gasteiger partial charge < -0.3 is 10.3 Å². The zero-order valence-electron chi connectivity index (χ0n) is 11.4. The number of nitrogen functional groups attached to an aromatic ring is 1. The SMILES string of the molecule is CS(=O)(=O)C1CSCCN1c1cc(NN)cc([N+](=O)[O-])c1. The summed E-state index contributed by atoms with van der Waals surface area (Å²) >= 11 is 1.55. The molecule has 1 fully saturated rings. The lowest BCUT2D eigenvalue weighted by atomic mass is 10.2. The molecule has 3 N–H and O–H groups in total. The summed E-state index contributed by atoms with van der Waals surface area (Å²) in [6, 6.07) is 4.29. The molecular weight excluding hydrogens is 316 g/mol. The van der Waals surface area contributed by atoms with Gasteiger partial charge in [0.15, 0.2) is 9.84 Å². The molecule has 0 amide bonds. The first-order valence-corrected chi connectivity index (χ1v) is 9.23. The topological polar surface area (TPSA) is 119 Å². The summed E-state index contributed by atoms with van der Waals surface area (Å²) in [6.07, 6.45) is 1.18. The summed E-state index contributed by atoms with van der Waals surface area (Å²) in [5.74, 6) is 6.53. The number of non-ortho nitro benzene ring substituents is 1. The minimum Gasteiger partial charge on any atom is -0.353 e. The zero-order chi connectivity index (χ0) is 15.6. The van der Waals surface area contributed by atoms with E-state index in [1.807, 2.05) is 0 Å². The molecule has 116 valence electrons. The van der Waals surface area contributed by atoms with Crippen molar-refractivity contribution in [3.63, 3.8) is 0 Å². The first-order valence-electron chi connectivity index (χ1n) is 6.12. The number of nitrogens with one attached hydrogen (secondary N) is 1. The minimum absolute atomic E-state index is 0.133. The standard InChI is InChI=1S/C11H16N4O4S2/c1-21(18,19)11-7-20-3-2-14(11)9-4-8(13-12)5-10(6-9)15(16)17/h4-6,11,13H,2-3,7,12H2,1H3. The Labute approximate surface area is 126 Å². The Bertz CT molecular complexity index is 650. The van der Waals surface area contributed by atoms with Crippen LogP contribution in [0.2, 0.25) is 0 Å². The van der Waals surface area contributed by atoms with Crippen molar-refractivity contribution < 1.29 is 13.3 Å². The molecule has 0 saturated carbocycles. The largest absolute Gasteiger partial charge is 0.353 e. The number of hydrogen-bond acceptors (Lipinski definition) is 8. The second-order valence-corrected chi connectivity index (χ2v) is 8.05. The van der Waals surface area contributed by atoms with E-state index in [4.69, 9.17) is 5.84 Å². The zero-order valence-corrected chi connectivity index (χ0v) is 13.0. The predicted octanol–water partition coefficient (Wildman–Crippen LogP) is 0.804. The molecule has 1 aliphatic heterocycles. The van der Waals surface area contributed by atoms with E-state index in [1.54, 1.807) is 22.7 Å². The summed E-state index contributed by atoms with van der Waals surface area (Å²) in [6.45, 7) is 0.508. The van der Waals surface area contributed by atoms with Crippen LogP contribution in [0.5, 0.6) is 0 Å². The van der Waals surface area contributed by atoms with Crippen LogP contribution in [0.4, 0.5) is 17.1 Å². The van der Waals surface area contributed by atoms with Crippen LogP contribution in [-0.2, 0) is 9.84 Å². The Morgan fingerprint density at radius 3 is 2.76 bits per heavy atom. The molecule has 1 aromatic rings. The van der Waals surface area contributed by atoms with Gasteiger partial charge in [-0.25, -0.2) is 8.42 Å². The van der Waals surface area contributed by atoms with Gasteiger partial charge in [-0.3, -0.25) is 16.0 Å². The maximum Gasteiger partial charge on any atom is 0.273 e. The van der Waals surface area contributed by atoms with E-state index < -0.39 is 20.1 Å². The van der Waals surface area contributed by atoms with Crippen LogP contribution in [0.25, 0.3) is 0 Å². The van der Waals surface area contributed by atoms with Gasteiger partial charge >= 0.3 is 0 Å². The average molecular weight is 332 g/mol. The van der Waals surface area contributed by atoms with Crippen molar-refractivity contribution in [1.29, 1.82) is 0 Å². The van der Waals surface area contributed by atoms with Crippen molar-refractivity contribution in [2.45, 2.75) is 5.37 Å². The Morgan fingerprint density at radius 2 is 2.19 bits per heavy atom. The molecule has 1 unspecified atom stereocenters. The van der Waals surface area contributed by atoms with Crippen LogP contribution in [-0.4, -0.2) is 43.0 Å². The van der Waals surface area contributed by atoms with Crippen LogP contribution in [0, 0.1) is 10.1 Å². The Kier molecular flexibility index (Phi) is 4.59. The van der Waals surface area contributed by atoms with Gasteiger partial charge in [0.05, 0.1) is 10.6 Å². The fourth-order valence-corrected chi connectivity index (χ4v) is 5.02. The van der Waals surface area contributed by atoms with Gasteiger partial charge in [0.2, 0.25) is 0 Å². The fraction of sp³-hybridized carbons (Fsp3) is 0.455. The number of benzene rings is 1. The van der Waals surface area contributed by atoms with Crippen LogP contribution in [0.3, 0.4) is 0 Å². The number of nitro groups is 1. The van der Waals surface area contributed by atoms with Crippen molar-refractivity contribution in [3.8, 4) is 0 Å². The Hall–Kier alpha value is -1.52. The van der Waals surface area contributed by atoms with Crippen molar-refractivity contribution in [2.24, 2.45) is 5.84 Å². The molecule has 10 heteroatoms. The van der Waals surface area contributed by atoms with Crippen molar-refractivity contribution in [2.75, 3.05) is 34.6 Å². The van der Waals surface area contributed by atoms with Gasteiger partial charge in [-0.2, -0.15) is 11.8 Å². The van der Waals surface area contributed by atoms with Gasteiger partial charge in [0.25, 0.3) is 5.69 Å². The number of nitrogens with two attached hydrogens (primary N) is 1. The summed E-state index contributed by atoms with van der Waals surface area (Å²) in [5, 5.41) is 10.3. The Balaban J connectivity index is 2.47. The second kappa shape index (κ2) is 6.08. The maximum absolute atomic E-state index is 11.9. The van der Waals surface area contributed by atoms with E-state index in [9.17, 15) is 18.5 Å². The number of hydrazine groups is 1. The fourth-order valence-electron chi connectivity index (χ4n) is 2.18. The molecule has 0 aliphatic carbocycles. The summed E-state index contributed by atoms with van der Waals surface area (Å²) in [4.78, 5) is 12.1. The number of sulfone groups is 1. The van der Waals surface area contributed by atoms with Crippen molar-refractivity contribution in [1.82, 2.24) is 0 Å². The summed E-state index contributed by atoms with van der Waals surface area (Å²) in [7, 11) is -3.29. The number of nitrogens with zero attached hydrogens (tertiary/aromatic N) is 2. The molecule has 0 bridgehead atoms.